The van der Waals surface area contributed by atoms with Crippen LogP contribution in [0.3, 0.4) is 0 Å². The Bertz CT molecular complexity index is 490. The van der Waals surface area contributed by atoms with Gasteiger partial charge in [0.15, 0.2) is 11.6 Å². The second kappa shape index (κ2) is 6.67. The molecule has 0 aliphatic rings. The number of hydrogen-bond donors (Lipinski definition) is 1. The molecule has 0 radical (unpaired) electrons. The Hall–Kier alpha value is -1.18. The lowest BCUT2D eigenvalue weighted by molar-refractivity contribution is 0.204. The van der Waals surface area contributed by atoms with Gasteiger partial charge in [-0.3, -0.25) is 0 Å². The van der Waals surface area contributed by atoms with Gasteiger partial charge in [0.05, 0.1) is 18.1 Å². The van der Waals surface area contributed by atoms with E-state index >= 15 is 0 Å². The molecule has 0 spiro atoms. The summed E-state index contributed by atoms with van der Waals surface area (Å²) in [6, 6.07) is 3.52. The van der Waals surface area contributed by atoms with Crippen molar-refractivity contribution in [3.63, 3.8) is 0 Å². The van der Waals surface area contributed by atoms with Crippen LogP contribution in [0.1, 0.15) is 6.92 Å². The van der Waals surface area contributed by atoms with Crippen LogP contribution < -0.4 is 9.46 Å². The Labute approximate surface area is 106 Å². The van der Waals surface area contributed by atoms with E-state index in [0.29, 0.717) is 6.61 Å². The molecule has 0 atom stereocenters. The number of halogens is 1. The molecule has 18 heavy (non-hydrogen) atoms. The van der Waals surface area contributed by atoms with Crippen molar-refractivity contribution in [2.24, 2.45) is 0 Å². The number of sulfonamides is 1. The quantitative estimate of drug-likeness (QED) is 0.759. The van der Waals surface area contributed by atoms with Crippen molar-refractivity contribution in [2.45, 2.75) is 11.8 Å². The Balaban J connectivity index is 2.86. The number of hydrogen-bond acceptors (Lipinski definition) is 4. The summed E-state index contributed by atoms with van der Waals surface area (Å²) in [5.74, 6) is -0.667. The summed E-state index contributed by atoms with van der Waals surface area (Å²) in [4.78, 5) is -0.139. The summed E-state index contributed by atoms with van der Waals surface area (Å²) >= 11 is 0. The molecular formula is C11H16FNO4S. The van der Waals surface area contributed by atoms with E-state index < -0.39 is 15.8 Å². The van der Waals surface area contributed by atoms with E-state index in [2.05, 4.69) is 4.72 Å². The average Bonchev–Trinajstić information content (AvgIpc) is 2.32. The highest BCUT2D eigenvalue weighted by Gasteiger charge is 2.16. The second-order valence-electron chi connectivity index (χ2n) is 3.42. The Morgan fingerprint density at radius 1 is 1.39 bits per heavy atom. The molecule has 0 unspecified atom stereocenters. The van der Waals surface area contributed by atoms with E-state index in [4.69, 9.17) is 9.47 Å². The van der Waals surface area contributed by atoms with Gasteiger partial charge >= 0.3 is 0 Å². The lowest BCUT2D eigenvalue weighted by Crippen LogP contribution is -2.27. The Morgan fingerprint density at radius 3 is 2.67 bits per heavy atom. The summed E-state index contributed by atoms with van der Waals surface area (Å²) in [5, 5.41) is 0. The highest BCUT2D eigenvalue weighted by atomic mass is 32.2. The minimum absolute atomic E-state index is 0.0355. The fraction of sp³-hybridized carbons (Fsp3) is 0.455. The molecule has 0 saturated carbocycles. The first-order chi connectivity index (χ1) is 8.51. The fourth-order valence-electron chi connectivity index (χ4n) is 1.28. The van der Waals surface area contributed by atoms with Crippen LogP contribution >= 0.6 is 0 Å². The first-order valence-corrected chi connectivity index (χ1v) is 6.90. The van der Waals surface area contributed by atoms with Gasteiger partial charge in [-0.25, -0.2) is 17.5 Å². The summed E-state index contributed by atoms with van der Waals surface area (Å²) in [6.45, 7) is 2.41. The van der Waals surface area contributed by atoms with Crippen LogP contribution in [0.15, 0.2) is 23.1 Å². The lowest BCUT2D eigenvalue weighted by atomic mass is 10.3. The zero-order chi connectivity index (χ0) is 13.6. The highest BCUT2D eigenvalue weighted by molar-refractivity contribution is 7.89. The van der Waals surface area contributed by atoms with Crippen molar-refractivity contribution in [3.8, 4) is 5.75 Å². The average molecular weight is 277 g/mol. The molecular weight excluding hydrogens is 261 g/mol. The molecule has 0 aliphatic carbocycles. The van der Waals surface area contributed by atoms with E-state index in [-0.39, 0.29) is 23.8 Å². The van der Waals surface area contributed by atoms with Crippen LogP contribution in [-0.2, 0) is 14.8 Å². The summed E-state index contributed by atoms with van der Waals surface area (Å²) in [6.07, 6.45) is 0. The molecule has 1 rings (SSSR count). The van der Waals surface area contributed by atoms with E-state index in [1.54, 1.807) is 6.92 Å². The van der Waals surface area contributed by atoms with Crippen molar-refractivity contribution in [3.05, 3.63) is 24.0 Å². The third-order valence-electron chi connectivity index (χ3n) is 2.11. The van der Waals surface area contributed by atoms with Crippen molar-refractivity contribution in [1.82, 2.24) is 4.72 Å². The van der Waals surface area contributed by atoms with Crippen molar-refractivity contribution < 1.29 is 22.3 Å². The minimum atomic E-state index is -3.71. The number of ether oxygens (including phenoxy) is 2. The zero-order valence-corrected chi connectivity index (χ0v) is 11.1. The summed E-state index contributed by atoms with van der Waals surface area (Å²) in [5.41, 5.74) is 0. The van der Waals surface area contributed by atoms with Gasteiger partial charge in [0.1, 0.15) is 0 Å². The molecule has 0 aliphatic heterocycles. The normalized spacial score (nSPS) is 11.5. The lowest BCUT2D eigenvalue weighted by Gasteiger charge is -2.08. The van der Waals surface area contributed by atoms with Crippen LogP contribution in [0.4, 0.5) is 4.39 Å². The van der Waals surface area contributed by atoms with Crippen LogP contribution in [0.2, 0.25) is 0 Å². The molecule has 0 fully saturated rings. The predicted molar refractivity (Wildman–Crippen MR) is 64.6 cm³/mol. The third-order valence-corrected chi connectivity index (χ3v) is 3.57. The number of benzene rings is 1. The van der Waals surface area contributed by atoms with Gasteiger partial charge in [-0.05, 0) is 25.1 Å². The van der Waals surface area contributed by atoms with Gasteiger partial charge in [-0.1, -0.05) is 0 Å². The van der Waals surface area contributed by atoms with Gasteiger partial charge in [-0.2, -0.15) is 0 Å². The van der Waals surface area contributed by atoms with Crippen LogP contribution in [-0.4, -0.2) is 35.3 Å². The van der Waals surface area contributed by atoms with Gasteiger partial charge in [0.2, 0.25) is 10.0 Å². The molecule has 0 bridgehead atoms. The van der Waals surface area contributed by atoms with E-state index in [9.17, 15) is 12.8 Å². The molecule has 102 valence electrons. The number of rotatable bonds is 7. The standard InChI is InChI=1S/C11H16FNO4S/c1-3-17-11-5-4-9(8-10(11)12)18(14,15)13-6-7-16-2/h4-5,8,13H,3,6-7H2,1-2H3. The molecule has 0 heterocycles. The van der Waals surface area contributed by atoms with Crippen LogP contribution in [0.25, 0.3) is 0 Å². The predicted octanol–water partition coefficient (Wildman–Crippen LogP) is 1.15. The summed E-state index contributed by atoms with van der Waals surface area (Å²) in [7, 11) is -2.25. The third kappa shape index (κ3) is 3.94. The molecule has 0 amide bonds. The first-order valence-electron chi connectivity index (χ1n) is 5.42. The second-order valence-corrected chi connectivity index (χ2v) is 5.18. The Kier molecular flexibility index (Phi) is 5.52. The van der Waals surface area contributed by atoms with Crippen LogP contribution in [0, 0.1) is 5.82 Å². The number of nitrogens with one attached hydrogen (secondary N) is 1. The monoisotopic (exact) mass is 277 g/mol. The molecule has 7 heteroatoms. The minimum Gasteiger partial charge on any atom is -0.491 e. The fourth-order valence-corrected chi connectivity index (χ4v) is 2.31. The van der Waals surface area contributed by atoms with Crippen molar-refractivity contribution in [1.29, 1.82) is 0 Å². The molecule has 1 aromatic carbocycles. The summed E-state index contributed by atoms with van der Waals surface area (Å²) < 4.78 is 49.0. The number of methoxy groups -OCH3 is 1. The SMILES string of the molecule is CCOc1ccc(S(=O)(=O)NCCOC)cc1F. The first kappa shape index (κ1) is 14.9. The van der Waals surface area contributed by atoms with E-state index in [0.717, 1.165) is 6.07 Å². The smallest absolute Gasteiger partial charge is 0.240 e. The maximum Gasteiger partial charge on any atom is 0.240 e. The van der Waals surface area contributed by atoms with Crippen LogP contribution in [0.5, 0.6) is 5.75 Å². The van der Waals surface area contributed by atoms with Crippen molar-refractivity contribution in [2.75, 3.05) is 26.9 Å². The van der Waals surface area contributed by atoms with Gasteiger partial charge in [0.25, 0.3) is 0 Å². The van der Waals surface area contributed by atoms with Crippen molar-refractivity contribution >= 4 is 10.0 Å². The Morgan fingerprint density at radius 2 is 2.11 bits per heavy atom. The van der Waals surface area contributed by atoms with Gasteiger partial charge < -0.3 is 9.47 Å². The molecule has 1 N–H and O–H groups in total. The molecule has 1 aromatic rings. The molecule has 0 aromatic heterocycles. The molecule has 0 saturated heterocycles. The van der Waals surface area contributed by atoms with E-state index in [1.165, 1.54) is 19.2 Å². The zero-order valence-electron chi connectivity index (χ0n) is 10.3. The van der Waals surface area contributed by atoms with E-state index in [1.807, 2.05) is 0 Å². The maximum absolute atomic E-state index is 13.5. The maximum atomic E-state index is 13.5. The molecule has 5 nitrogen and oxygen atoms in total. The van der Waals surface area contributed by atoms with Gasteiger partial charge in [-0.15, -0.1) is 0 Å². The highest BCUT2D eigenvalue weighted by Crippen LogP contribution is 2.20. The van der Waals surface area contributed by atoms with Gasteiger partial charge in [0, 0.05) is 13.7 Å². The topological polar surface area (TPSA) is 64.6 Å². The largest absolute Gasteiger partial charge is 0.491 e.